The van der Waals surface area contributed by atoms with Gasteiger partial charge in [0.05, 0.1) is 39.0 Å². The van der Waals surface area contributed by atoms with Crippen molar-refractivity contribution in [1.29, 1.82) is 0 Å². The Bertz CT molecular complexity index is 10100. The number of aromatic nitrogens is 8. The van der Waals surface area contributed by atoms with Gasteiger partial charge in [-0.15, -0.1) is 58.4 Å². The topological polar surface area (TPSA) is 131 Å². The number of hydrogen-bond acceptors (Lipinski definition) is 11. The van der Waals surface area contributed by atoms with Crippen LogP contribution in [0.15, 0.2) is 453 Å². The molecule has 0 aliphatic heterocycles. The van der Waals surface area contributed by atoms with E-state index in [0.29, 0.717) is 28.7 Å². The second-order valence-corrected chi connectivity index (χ2v) is 38.9. The molecule has 10 nitrogen and oxygen atoms in total. The van der Waals surface area contributed by atoms with E-state index >= 15 is 0 Å². The van der Waals surface area contributed by atoms with Gasteiger partial charge < -0.3 is 21.5 Å². The van der Waals surface area contributed by atoms with Gasteiger partial charge in [-0.1, -0.05) is 347 Å². The van der Waals surface area contributed by atoms with Crippen LogP contribution in [0.25, 0.3) is 267 Å². The van der Waals surface area contributed by atoms with E-state index in [2.05, 4.69) is 376 Å². The summed E-state index contributed by atoms with van der Waals surface area (Å²) in [7, 11) is 0. The zero-order chi connectivity index (χ0) is 94.2. The van der Waals surface area contributed by atoms with Crippen LogP contribution in [0.1, 0.15) is 25.0 Å². The van der Waals surface area contributed by atoms with E-state index in [1.807, 2.05) is 102 Å². The minimum absolute atomic E-state index is 0. The van der Waals surface area contributed by atoms with Crippen molar-refractivity contribution >= 4 is 193 Å². The zero-order valence-corrected chi connectivity index (χ0v) is 81.6. The standard InChI is InChI=1S/C42H25N3S.C42H29N3.C36H20N2OS.C10H7O.CH3.2Li/c1-3-12-27(13-4-1)39-33-22-24-37-38(32-21-19-26-11-7-8-16-30(26)41(32)46-37)40(33)44-42(43-39)28-20-23-36-34(25-28)31-17-9-10-18-35(31)45(36)29-14-5-2-6-15-29;1-42(2)37-23-28(41-44-39(26-13-5-3-6-14-26)43-40(45-41)27-15-7-4-8-16-27)21-22-33(37)36-24-34-31-19-11-9-17-29(31)30-18-10-12-20-32(30)35(34)25-38(36)42;1-2-10-22(11-3-1)32-27-19-20-30-31(26-18-17-21-9-4-5-12-23(21)35(26)40-30)33(27)38-36(37-32)28-15-8-14-25-24-13-6-7-16-29(24)39-34(25)28;11-10-7-3-5-8-4-1-2-6-9(8)10;;;/h1-25H;3-25H,1-2H3;1-20H;1-5,7,11H;1H3;;/q;;;2*-1;2*+1/p-1. The SMILES string of the molecule is CC1(C)c2cc(-c3nc(-c4ccccc4)nc(-c4ccccc4)n3)ccc2-c2cc3c4ccccc4c4ccccc4c3cc21.[CH3-].[Li+].[Li+].[O-]c1cccc2ccc[c-]c12.c1ccc(-c2nc(-c3ccc4c(c3)c3ccccc3n4-c3ccccc3)nc3c2ccc2sc4c5ccccc5ccc4c23)cc1.c1ccc(-c2nc(-c3cccc4c3oc3ccccc34)nc3c2ccc2sc4c5ccccc5ccc4c23)cc1. The van der Waals surface area contributed by atoms with Crippen molar-refractivity contribution in [2.45, 2.75) is 19.3 Å². The van der Waals surface area contributed by atoms with Gasteiger partial charge in [0, 0.05) is 117 Å². The molecule has 29 aromatic rings. The fourth-order valence-corrected chi connectivity index (χ4v) is 24.0. The Balaban J connectivity index is 0.000000110. The normalized spacial score (nSPS) is 12.0. The molecule has 22 aromatic carbocycles. The minimum atomic E-state index is -0.195. The number of fused-ring (bicyclic) bond motifs is 30. The Morgan fingerprint density at radius 1 is 0.283 bits per heavy atom. The second kappa shape index (κ2) is 37.2. The zero-order valence-electron chi connectivity index (χ0n) is 79.9. The maximum atomic E-state index is 11.1. The van der Waals surface area contributed by atoms with Gasteiger partial charge in [0.15, 0.2) is 29.1 Å². The van der Waals surface area contributed by atoms with E-state index < -0.39 is 0 Å². The summed E-state index contributed by atoms with van der Waals surface area (Å²) < 4.78 is 13.8. The molecule has 0 saturated heterocycles. The van der Waals surface area contributed by atoms with Crippen LogP contribution < -0.4 is 42.8 Å². The van der Waals surface area contributed by atoms with E-state index in [-0.39, 0.29) is 56.3 Å². The molecule has 0 saturated carbocycles. The van der Waals surface area contributed by atoms with Gasteiger partial charge in [-0.3, -0.25) is 0 Å². The first-order valence-electron chi connectivity index (χ1n) is 47.8. The van der Waals surface area contributed by atoms with E-state index in [4.69, 9.17) is 39.3 Å². The van der Waals surface area contributed by atoms with E-state index in [1.165, 1.54) is 138 Å². The van der Waals surface area contributed by atoms with E-state index in [1.54, 1.807) is 18.2 Å². The van der Waals surface area contributed by atoms with Gasteiger partial charge in [0.25, 0.3) is 0 Å². The second-order valence-electron chi connectivity index (χ2n) is 36.8. The predicted molar refractivity (Wildman–Crippen MR) is 598 cm³/mol. The van der Waals surface area contributed by atoms with Gasteiger partial charge in [-0.2, -0.15) is 11.1 Å². The molecule has 0 amide bonds. The smallest absolute Gasteiger partial charge is 0.914 e. The molecule has 1 aliphatic carbocycles. The number of para-hydroxylation sites is 4. The molecule has 0 spiro atoms. The average molecular weight is 1880 g/mol. The largest absolute Gasteiger partial charge is 1.00 e. The number of hydrogen-bond donors (Lipinski definition) is 0. The van der Waals surface area contributed by atoms with Crippen molar-refractivity contribution in [3.63, 3.8) is 0 Å². The Morgan fingerprint density at radius 2 is 0.710 bits per heavy atom. The number of benzene rings is 22. The van der Waals surface area contributed by atoms with Gasteiger partial charge in [0.1, 0.15) is 11.2 Å². The summed E-state index contributed by atoms with van der Waals surface area (Å²) in [6, 6.07) is 160. The third-order valence-corrected chi connectivity index (χ3v) is 30.6. The maximum Gasteiger partial charge on any atom is 1.00 e. The predicted octanol–water partition coefficient (Wildman–Crippen LogP) is 28.8. The average Bonchev–Trinajstić information content (AvgIpc) is 1.56. The summed E-state index contributed by atoms with van der Waals surface area (Å²) in [4.78, 5) is 36.2. The molecular weight excluding hydrogens is 1800 g/mol. The quantitative estimate of drug-likeness (QED) is 0.0829. The Kier molecular flexibility index (Phi) is 23.3. The minimum Gasteiger partial charge on any atom is -0.914 e. The molecule has 0 bridgehead atoms. The number of furan rings is 1. The van der Waals surface area contributed by atoms with Crippen LogP contribution in [0, 0.1) is 13.5 Å². The molecule has 1 aliphatic rings. The summed E-state index contributed by atoms with van der Waals surface area (Å²) in [5.74, 6) is 3.48. The van der Waals surface area contributed by atoms with Crippen molar-refractivity contribution in [2.24, 2.45) is 0 Å². The molecule has 7 aromatic heterocycles. The van der Waals surface area contributed by atoms with Crippen LogP contribution in [0.2, 0.25) is 0 Å². The summed E-state index contributed by atoms with van der Waals surface area (Å²) in [5.41, 5.74) is 21.0. The van der Waals surface area contributed by atoms with Crippen LogP contribution in [0.5, 0.6) is 5.75 Å². The van der Waals surface area contributed by atoms with Crippen molar-refractivity contribution in [3.8, 4) is 102 Å². The first-order chi connectivity index (χ1) is 70.1. The van der Waals surface area contributed by atoms with E-state index in [9.17, 15) is 5.11 Å². The molecule has 14 heteroatoms. The number of nitrogens with zero attached hydrogens (tertiary/aromatic N) is 8. The molecule has 7 heterocycles. The first-order valence-corrected chi connectivity index (χ1v) is 49.4. The molecular formula is C131H83Li2N8O2S2-. The monoisotopic (exact) mass is 1880 g/mol. The number of thiophene rings is 2. The fraction of sp³-hybridized carbons (Fsp3) is 0.0229. The molecule has 145 heavy (non-hydrogen) atoms. The van der Waals surface area contributed by atoms with Gasteiger partial charge in [-0.25, -0.2) is 34.9 Å². The summed E-state index contributed by atoms with van der Waals surface area (Å²) >= 11 is 3.69. The molecule has 0 N–H and O–H groups in total. The van der Waals surface area contributed by atoms with Crippen LogP contribution in [0.3, 0.4) is 0 Å². The van der Waals surface area contributed by atoms with Crippen LogP contribution >= 0.6 is 22.7 Å². The van der Waals surface area contributed by atoms with Crippen molar-refractivity contribution < 1.29 is 47.2 Å². The molecule has 0 atom stereocenters. The fourth-order valence-electron chi connectivity index (χ4n) is 21.5. The van der Waals surface area contributed by atoms with Gasteiger partial charge >= 0.3 is 37.7 Å². The Hall–Kier alpha value is -16.9. The summed E-state index contributed by atoms with van der Waals surface area (Å²) in [5, 5.41) is 37.2. The third kappa shape index (κ3) is 15.5. The van der Waals surface area contributed by atoms with E-state index in [0.717, 1.165) is 111 Å². The summed E-state index contributed by atoms with van der Waals surface area (Å²) in [6.07, 6.45) is 0. The molecule has 0 radical (unpaired) electrons. The Morgan fingerprint density at radius 3 is 1.30 bits per heavy atom. The molecule has 674 valence electrons. The molecule has 0 fully saturated rings. The Labute approximate surface area is 867 Å². The van der Waals surface area contributed by atoms with Crippen LogP contribution in [-0.2, 0) is 5.41 Å². The van der Waals surface area contributed by atoms with Crippen molar-refractivity contribution in [3.05, 3.63) is 474 Å². The summed E-state index contributed by atoms with van der Waals surface area (Å²) in [6.45, 7) is 4.68. The first kappa shape index (κ1) is 90.7. The van der Waals surface area contributed by atoms with Crippen molar-refractivity contribution in [2.75, 3.05) is 0 Å². The third-order valence-electron chi connectivity index (χ3n) is 28.2. The van der Waals surface area contributed by atoms with Crippen molar-refractivity contribution in [1.82, 2.24) is 39.5 Å². The van der Waals surface area contributed by atoms with Crippen LogP contribution in [-0.4, -0.2) is 39.5 Å². The van der Waals surface area contributed by atoms with Gasteiger partial charge in [0.2, 0.25) is 0 Å². The van der Waals surface area contributed by atoms with Gasteiger partial charge in [-0.05, 0) is 167 Å². The number of rotatable bonds is 8. The molecule has 0 unspecified atom stereocenters. The van der Waals surface area contributed by atoms with Crippen LogP contribution in [0.4, 0.5) is 0 Å². The maximum absolute atomic E-state index is 11.1. The molecule has 30 rings (SSSR count).